The summed E-state index contributed by atoms with van der Waals surface area (Å²) >= 11 is 8.98. The third-order valence-electron chi connectivity index (χ3n) is 4.70. The van der Waals surface area contributed by atoms with Crippen LogP contribution in [0.4, 0.5) is 0 Å². The molecule has 0 aliphatic rings. The number of thioether (sulfide) groups is 2. The van der Waals surface area contributed by atoms with E-state index in [0.717, 1.165) is 30.1 Å². The minimum Gasteiger partial charge on any atom is -0.287 e. The van der Waals surface area contributed by atoms with Gasteiger partial charge in [0.15, 0.2) is 5.12 Å². The summed E-state index contributed by atoms with van der Waals surface area (Å²) in [7, 11) is 0. The van der Waals surface area contributed by atoms with Gasteiger partial charge in [-0.1, -0.05) is 109 Å². The van der Waals surface area contributed by atoms with E-state index in [-0.39, 0.29) is 0 Å². The summed E-state index contributed by atoms with van der Waals surface area (Å²) in [5.74, 6) is 3.69. The van der Waals surface area contributed by atoms with Crippen molar-refractivity contribution in [2.75, 3.05) is 23.1 Å². The topological polar surface area (TPSA) is 17.1 Å². The van der Waals surface area contributed by atoms with Crippen LogP contribution in [0.25, 0.3) is 0 Å². The molecule has 0 aliphatic carbocycles. The van der Waals surface area contributed by atoms with Crippen LogP contribution in [-0.2, 0) is 4.79 Å². The van der Waals surface area contributed by atoms with Gasteiger partial charge >= 0.3 is 0 Å². The van der Waals surface area contributed by atoms with E-state index in [1.807, 2.05) is 11.8 Å². The standard InChI is InChI=1S/C22H43ClOS2/c1-2-3-4-5-6-7-8-9-10-11-12-13-14-15-16-17-22(24)26-21-20-25-19-18-23/h2-21H2,1H3. The Morgan fingerprint density at radius 2 is 1.12 bits per heavy atom. The van der Waals surface area contributed by atoms with Crippen LogP contribution in [0.3, 0.4) is 0 Å². The van der Waals surface area contributed by atoms with Gasteiger partial charge in [0, 0.05) is 29.6 Å². The fourth-order valence-electron chi connectivity index (χ4n) is 3.08. The molecular weight excluding hydrogens is 380 g/mol. The van der Waals surface area contributed by atoms with Gasteiger partial charge in [0.1, 0.15) is 0 Å². The number of carbonyl (C=O) groups is 1. The van der Waals surface area contributed by atoms with Crippen molar-refractivity contribution >= 4 is 40.2 Å². The van der Waals surface area contributed by atoms with E-state index in [9.17, 15) is 4.79 Å². The molecule has 0 saturated heterocycles. The summed E-state index contributed by atoms with van der Waals surface area (Å²) < 4.78 is 0. The fourth-order valence-corrected chi connectivity index (χ4v) is 5.05. The van der Waals surface area contributed by atoms with E-state index in [1.54, 1.807) is 0 Å². The first-order valence-electron chi connectivity index (χ1n) is 11.1. The second kappa shape index (κ2) is 23.7. The Kier molecular flexibility index (Phi) is 24.3. The Hall–Kier alpha value is 0.660. The molecule has 0 aliphatic heterocycles. The quantitative estimate of drug-likeness (QED) is 0.136. The zero-order valence-electron chi connectivity index (χ0n) is 17.2. The van der Waals surface area contributed by atoms with Gasteiger partial charge in [-0.3, -0.25) is 4.79 Å². The Morgan fingerprint density at radius 1 is 0.654 bits per heavy atom. The Balaban J connectivity index is 3.09. The molecule has 0 aromatic heterocycles. The summed E-state index contributed by atoms with van der Waals surface area (Å²) in [6, 6.07) is 0. The van der Waals surface area contributed by atoms with Crippen LogP contribution in [0, 0.1) is 0 Å². The van der Waals surface area contributed by atoms with Crippen molar-refractivity contribution in [3.05, 3.63) is 0 Å². The van der Waals surface area contributed by atoms with Gasteiger partial charge in [-0.15, -0.1) is 11.6 Å². The van der Waals surface area contributed by atoms with Crippen molar-refractivity contribution in [1.82, 2.24) is 0 Å². The molecular formula is C22H43ClOS2. The molecule has 156 valence electrons. The minimum atomic E-state index is 0.381. The Morgan fingerprint density at radius 3 is 1.58 bits per heavy atom. The highest BCUT2D eigenvalue weighted by atomic mass is 35.5. The lowest BCUT2D eigenvalue weighted by Crippen LogP contribution is -1.96. The van der Waals surface area contributed by atoms with Gasteiger partial charge in [0.2, 0.25) is 0 Å². The number of rotatable bonds is 21. The predicted octanol–water partition coefficient (Wildman–Crippen LogP) is 8.48. The molecule has 0 amide bonds. The predicted molar refractivity (Wildman–Crippen MR) is 125 cm³/mol. The molecule has 26 heavy (non-hydrogen) atoms. The number of carbonyl (C=O) groups excluding carboxylic acids is 1. The molecule has 0 spiro atoms. The number of unbranched alkanes of at least 4 members (excludes halogenated alkanes) is 14. The van der Waals surface area contributed by atoms with E-state index in [4.69, 9.17) is 11.6 Å². The van der Waals surface area contributed by atoms with E-state index in [0.29, 0.717) is 11.0 Å². The molecule has 0 atom stereocenters. The lowest BCUT2D eigenvalue weighted by atomic mass is 10.0. The van der Waals surface area contributed by atoms with Crippen LogP contribution in [0.2, 0.25) is 0 Å². The first kappa shape index (κ1) is 26.7. The summed E-state index contributed by atoms with van der Waals surface area (Å²) in [6.45, 7) is 2.28. The van der Waals surface area contributed by atoms with Crippen molar-refractivity contribution in [2.24, 2.45) is 0 Å². The molecule has 0 saturated carbocycles. The zero-order valence-corrected chi connectivity index (χ0v) is 19.6. The van der Waals surface area contributed by atoms with Crippen LogP contribution in [0.5, 0.6) is 0 Å². The molecule has 1 nitrogen and oxygen atoms in total. The molecule has 0 rings (SSSR count). The zero-order chi connectivity index (χ0) is 19.1. The van der Waals surface area contributed by atoms with E-state index < -0.39 is 0 Å². The third kappa shape index (κ3) is 22.7. The third-order valence-corrected chi connectivity index (χ3v) is 7.29. The molecule has 0 heterocycles. The maximum absolute atomic E-state index is 11.7. The number of alkyl halides is 1. The van der Waals surface area contributed by atoms with Crippen molar-refractivity contribution in [2.45, 2.75) is 110 Å². The second-order valence-corrected chi connectivity index (χ2v) is 9.98. The summed E-state index contributed by atoms with van der Waals surface area (Å²) in [4.78, 5) is 11.7. The lowest BCUT2D eigenvalue weighted by molar-refractivity contribution is -0.111. The molecule has 0 aromatic carbocycles. The van der Waals surface area contributed by atoms with E-state index >= 15 is 0 Å². The highest BCUT2D eigenvalue weighted by Gasteiger charge is 2.02. The number of hydrogen-bond donors (Lipinski definition) is 0. The van der Waals surface area contributed by atoms with Gasteiger partial charge in [-0.05, 0) is 6.42 Å². The number of halogens is 1. The lowest BCUT2D eigenvalue weighted by Gasteiger charge is -2.03. The van der Waals surface area contributed by atoms with Gasteiger partial charge in [0.05, 0.1) is 0 Å². The maximum atomic E-state index is 11.7. The van der Waals surface area contributed by atoms with Crippen LogP contribution in [0.15, 0.2) is 0 Å². The first-order valence-corrected chi connectivity index (χ1v) is 13.8. The van der Waals surface area contributed by atoms with E-state index in [2.05, 4.69) is 6.92 Å². The number of hydrogen-bond acceptors (Lipinski definition) is 3. The highest BCUT2D eigenvalue weighted by molar-refractivity contribution is 8.14. The van der Waals surface area contributed by atoms with Crippen LogP contribution in [-0.4, -0.2) is 28.3 Å². The first-order chi connectivity index (χ1) is 12.8. The second-order valence-electron chi connectivity index (χ2n) is 7.22. The van der Waals surface area contributed by atoms with Crippen LogP contribution in [0.1, 0.15) is 110 Å². The van der Waals surface area contributed by atoms with Gasteiger partial charge in [-0.25, -0.2) is 0 Å². The maximum Gasteiger partial charge on any atom is 0.188 e. The average Bonchev–Trinajstić information content (AvgIpc) is 2.64. The van der Waals surface area contributed by atoms with Crippen molar-refractivity contribution in [3.63, 3.8) is 0 Å². The Labute approximate surface area is 177 Å². The van der Waals surface area contributed by atoms with Crippen molar-refractivity contribution in [3.8, 4) is 0 Å². The largest absolute Gasteiger partial charge is 0.287 e. The Bertz CT molecular complexity index is 287. The molecule has 0 unspecified atom stereocenters. The summed E-state index contributed by atoms with van der Waals surface area (Å²) in [6.07, 6.45) is 21.4. The highest BCUT2D eigenvalue weighted by Crippen LogP contribution is 2.15. The summed E-state index contributed by atoms with van der Waals surface area (Å²) in [5, 5.41) is 0.381. The normalized spacial score (nSPS) is 11.2. The van der Waals surface area contributed by atoms with Crippen molar-refractivity contribution in [1.29, 1.82) is 0 Å². The van der Waals surface area contributed by atoms with Crippen LogP contribution >= 0.6 is 35.1 Å². The van der Waals surface area contributed by atoms with E-state index in [1.165, 1.54) is 102 Å². The molecule has 0 fully saturated rings. The summed E-state index contributed by atoms with van der Waals surface area (Å²) in [5.41, 5.74) is 0. The van der Waals surface area contributed by atoms with Crippen LogP contribution < -0.4 is 0 Å². The van der Waals surface area contributed by atoms with Gasteiger partial charge < -0.3 is 0 Å². The fraction of sp³-hybridized carbons (Fsp3) is 0.955. The molecule has 0 bridgehead atoms. The smallest absolute Gasteiger partial charge is 0.188 e. The molecule has 0 aromatic rings. The monoisotopic (exact) mass is 422 g/mol. The van der Waals surface area contributed by atoms with Crippen molar-refractivity contribution < 1.29 is 4.79 Å². The minimum absolute atomic E-state index is 0.381. The molecule has 0 N–H and O–H groups in total. The molecule has 4 heteroatoms. The molecule has 0 radical (unpaired) electrons. The van der Waals surface area contributed by atoms with Gasteiger partial charge in [-0.2, -0.15) is 11.8 Å². The SMILES string of the molecule is CCCCCCCCCCCCCCCCCC(=O)SCCSCCCl. The van der Waals surface area contributed by atoms with Gasteiger partial charge in [0.25, 0.3) is 0 Å². The average molecular weight is 423 g/mol.